The number of Topliss-reactive ketones (excluding diaryl/α,β-unsaturated/α-hetero) is 1. The molecule has 3 amide bonds. The van der Waals surface area contributed by atoms with Gasteiger partial charge in [-0.15, -0.1) is 0 Å². The molecule has 3 heterocycles. The van der Waals surface area contributed by atoms with Crippen LogP contribution in [0, 0.1) is 0 Å². The van der Waals surface area contributed by atoms with Crippen molar-refractivity contribution in [1.82, 2.24) is 24.5 Å². The number of likely N-dealkylation sites (tertiary alicyclic amines) is 2. The fourth-order valence-corrected chi connectivity index (χ4v) is 6.94. The quantitative estimate of drug-likeness (QED) is 0.0809. The van der Waals surface area contributed by atoms with Crippen LogP contribution >= 0.6 is 7.67 Å². The third-order valence-corrected chi connectivity index (χ3v) is 10.3. The normalized spacial score (nSPS) is 25.6. The molecule has 3 fully saturated rings. The highest BCUT2D eigenvalue weighted by Crippen LogP contribution is 2.52. The summed E-state index contributed by atoms with van der Waals surface area (Å²) in [5.74, 6) is -6.53. The van der Waals surface area contributed by atoms with E-state index in [0.29, 0.717) is 6.42 Å². The van der Waals surface area contributed by atoms with Crippen LogP contribution < -0.4 is 5.32 Å². The molecule has 0 spiro atoms. The number of aliphatic hydroxyl groups excluding tert-OH is 2. The molecule has 258 valence electrons. The monoisotopic (exact) mass is 677 g/mol. The van der Waals surface area contributed by atoms with E-state index in [-0.39, 0.29) is 25.9 Å². The highest BCUT2D eigenvalue weighted by molar-refractivity contribution is 7.53. The van der Waals surface area contributed by atoms with Gasteiger partial charge in [0.1, 0.15) is 6.04 Å². The van der Waals surface area contributed by atoms with Crippen LogP contribution in [0.15, 0.2) is 0 Å². The Morgan fingerprint density at radius 3 is 2.28 bits per heavy atom. The second kappa shape index (κ2) is 15.4. The van der Waals surface area contributed by atoms with Crippen molar-refractivity contribution in [1.29, 1.82) is 0 Å². The average Bonchev–Trinajstić information content (AvgIpc) is 3.71. The van der Waals surface area contributed by atoms with Gasteiger partial charge in [0.2, 0.25) is 35.7 Å². The lowest BCUT2D eigenvalue weighted by molar-refractivity contribution is -0.166. The zero-order chi connectivity index (χ0) is 34.5. The first kappa shape index (κ1) is 37.0. The number of hydrogen-bond donors (Lipinski definition) is 4. The van der Waals surface area contributed by atoms with Gasteiger partial charge in [-0.2, -0.15) is 0 Å². The maximum atomic E-state index is 13.1. The van der Waals surface area contributed by atoms with E-state index in [4.69, 9.17) is 14.0 Å². The second-order valence-electron chi connectivity index (χ2n) is 11.3. The van der Waals surface area contributed by atoms with Gasteiger partial charge in [0.25, 0.3) is 0 Å². The number of aliphatic carboxylic acids is 1. The van der Waals surface area contributed by atoms with E-state index in [0.717, 1.165) is 4.90 Å². The lowest BCUT2D eigenvalue weighted by atomic mass is 10.1. The molecule has 19 nitrogen and oxygen atoms in total. The van der Waals surface area contributed by atoms with Crippen LogP contribution in [0.1, 0.15) is 32.1 Å². The Morgan fingerprint density at radius 2 is 1.70 bits per heavy atom. The van der Waals surface area contributed by atoms with E-state index in [9.17, 15) is 53.4 Å². The van der Waals surface area contributed by atoms with Gasteiger partial charge < -0.3 is 39.9 Å². The van der Waals surface area contributed by atoms with Crippen molar-refractivity contribution in [3.05, 3.63) is 0 Å². The Morgan fingerprint density at radius 1 is 1.04 bits per heavy atom. The molecular formula is C26H40N5O14P. The third kappa shape index (κ3) is 8.08. The van der Waals surface area contributed by atoms with Crippen LogP contribution in [-0.4, -0.2) is 167 Å². The fraction of sp³-hybridized carbons (Fsp3) is 0.731. The molecule has 4 N–H and O–H groups in total. The van der Waals surface area contributed by atoms with Crippen LogP contribution in [0.5, 0.6) is 0 Å². The molecule has 0 radical (unpaired) electrons. The summed E-state index contributed by atoms with van der Waals surface area (Å²) in [5.41, 5.74) is 0. The molecule has 0 saturated carbocycles. The summed E-state index contributed by atoms with van der Waals surface area (Å²) < 4.78 is 30.8. The maximum Gasteiger partial charge on any atom is 0.346 e. The standard InChI is InChI=1S/C26H40N5O14P/c1-28(2)46(42,29(3)4)45-23-21(37)22(44-26(23)41)16(13-32)43-19(36)8-7-17(34)27-12-18(35)30-10-5-6-14(30)24(38)31-11-9-15(33)20(31)25(39)40/h14-16,20,22-23,32-33H,5-13H2,1-4H3,(H,27,34)(H,39,40)/t14-,15?,16?,20-,22?,23?/m0/s1. The third-order valence-electron chi connectivity index (χ3n) is 7.80. The number of aliphatic hydroxyl groups is 2. The fourth-order valence-electron chi connectivity index (χ4n) is 5.38. The first-order chi connectivity index (χ1) is 21.5. The van der Waals surface area contributed by atoms with E-state index in [1.54, 1.807) is 0 Å². The predicted octanol–water partition coefficient (Wildman–Crippen LogP) is -3.06. The largest absolute Gasteiger partial charge is 0.480 e. The Hall–Kier alpha value is -3.48. The molecule has 3 saturated heterocycles. The van der Waals surface area contributed by atoms with Crippen molar-refractivity contribution < 1.29 is 67.4 Å². The highest BCUT2D eigenvalue weighted by atomic mass is 31.2. The van der Waals surface area contributed by atoms with Crippen molar-refractivity contribution in [3.8, 4) is 0 Å². The van der Waals surface area contributed by atoms with Crippen LogP contribution in [0.4, 0.5) is 0 Å². The molecular weight excluding hydrogens is 637 g/mol. The van der Waals surface area contributed by atoms with Gasteiger partial charge in [-0.05, 0) is 47.5 Å². The van der Waals surface area contributed by atoms with Crippen molar-refractivity contribution in [3.63, 3.8) is 0 Å². The Labute approximate surface area is 264 Å². The van der Waals surface area contributed by atoms with Gasteiger partial charge in [-0.3, -0.25) is 33.1 Å². The number of carbonyl (C=O) groups is 7. The summed E-state index contributed by atoms with van der Waals surface area (Å²) in [6.45, 7) is -1.22. The van der Waals surface area contributed by atoms with Crippen molar-refractivity contribution in [2.24, 2.45) is 0 Å². The first-order valence-corrected chi connectivity index (χ1v) is 16.0. The summed E-state index contributed by atoms with van der Waals surface area (Å²) in [6, 6.07) is -2.36. The van der Waals surface area contributed by atoms with Gasteiger partial charge >= 0.3 is 25.6 Å². The number of amides is 3. The number of rotatable bonds is 14. The minimum absolute atomic E-state index is 0.0279. The maximum absolute atomic E-state index is 13.1. The van der Waals surface area contributed by atoms with Gasteiger partial charge in [0, 0.05) is 19.5 Å². The average molecular weight is 678 g/mol. The first-order valence-electron chi connectivity index (χ1n) is 14.5. The molecule has 3 rings (SSSR count). The molecule has 6 atom stereocenters. The molecule has 0 aliphatic carbocycles. The van der Waals surface area contributed by atoms with E-state index in [1.165, 1.54) is 42.4 Å². The molecule has 46 heavy (non-hydrogen) atoms. The van der Waals surface area contributed by atoms with Gasteiger partial charge in [-0.25, -0.2) is 18.9 Å². The molecule has 0 aromatic carbocycles. The number of nitrogens with one attached hydrogen (secondary N) is 1. The van der Waals surface area contributed by atoms with E-state index < -0.39 is 112 Å². The summed E-state index contributed by atoms with van der Waals surface area (Å²) in [5, 5.41) is 31.4. The van der Waals surface area contributed by atoms with Crippen LogP contribution in [0.2, 0.25) is 0 Å². The number of ether oxygens (including phenoxy) is 2. The highest BCUT2D eigenvalue weighted by Gasteiger charge is 2.53. The van der Waals surface area contributed by atoms with Gasteiger partial charge in [-0.1, -0.05) is 0 Å². The van der Waals surface area contributed by atoms with Crippen LogP contribution in [0.3, 0.4) is 0 Å². The van der Waals surface area contributed by atoms with Crippen molar-refractivity contribution in [2.45, 2.75) is 68.6 Å². The van der Waals surface area contributed by atoms with E-state index in [2.05, 4.69) is 5.32 Å². The van der Waals surface area contributed by atoms with E-state index in [1.807, 2.05) is 0 Å². The van der Waals surface area contributed by atoms with Gasteiger partial charge in [0.15, 0.2) is 12.1 Å². The Bertz CT molecular complexity index is 1270. The smallest absolute Gasteiger partial charge is 0.346 e. The lowest BCUT2D eigenvalue weighted by Crippen LogP contribution is -2.53. The zero-order valence-electron chi connectivity index (χ0n) is 25.9. The zero-order valence-corrected chi connectivity index (χ0v) is 26.8. The summed E-state index contributed by atoms with van der Waals surface area (Å²) in [6.07, 6.45) is -6.66. The summed E-state index contributed by atoms with van der Waals surface area (Å²) in [4.78, 5) is 89.7. The van der Waals surface area contributed by atoms with E-state index >= 15 is 0 Å². The number of ketones is 1. The number of nitrogens with zero attached hydrogens (tertiary/aromatic N) is 4. The number of cyclic esters (lactones) is 1. The SMILES string of the molecule is CN(C)P(=O)(OC1C(=O)OC(C(CO)OC(=O)CCC(=O)NCC(=O)N2CCC[C@H]2C(=O)N2CCC(O)[C@H]2C(=O)O)C1=O)N(C)C. The molecule has 3 aliphatic rings. The molecule has 3 aliphatic heterocycles. The van der Waals surface area contributed by atoms with Crippen molar-refractivity contribution in [2.75, 3.05) is 54.4 Å². The van der Waals surface area contributed by atoms with Crippen LogP contribution in [0.25, 0.3) is 0 Å². The Kier molecular flexibility index (Phi) is 12.4. The molecule has 0 bridgehead atoms. The number of carbonyl (C=O) groups excluding carboxylic acids is 6. The predicted molar refractivity (Wildman–Crippen MR) is 152 cm³/mol. The number of esters is 2. The summed E-state index contributed by atoms with van der Waals surface area (Å²) >= 11 is 0. The summed E-state index contributed by atoms with van der Waals surface area (Å²) in [7, 11) is 1.87. The van der Waals surface area contributed by atoms with Gasteiger partial charge in [0.05, 0.1) is 25.7 Å². The topological polar surface area (TPSA) is 250 Å². The Balaban J connectivity index is 1.48. The number of hydrogen-bond acceptors (Lipinski definition) is 13. The lowest BCUT2D eigenvalue weighted by Gasteiger charge is -2.30. The molecule has 0 aromatic heterocycles. The minimum atomic E-state index is -3.79. The molecule has 20 heteroatoms. The van der Waals surface area contributed by atoms with Crippen molar-refractivity contribution >= 4 is 49.1 Å². The molecule has 0 aromatic rings. The number of carboxylic acid groups (broad SMARTS) is 1. The minimum Gasteiger partial charge on any atom is -0.480 e. The number of carboxylic acids is 1. The molecule has 4 unspecified atom stereocenters. The van der Waals surface area contributed by atoms with Crippen LogP contribution in [-0.2, 0) is 52.1 Å². The second-order valence-corrected chi connectivity index (χ2v) is 14.1.